The predicted octanol–water partition coefficient (Wildman–Crippen LogP) is 2.77. The Morgan fingerprint density at radius 1 is 1.45 bits per heavy atom. The highest BCUT2D eigenvalue weighted by atomic mass is 16.5. The molecule has 0 bridgehead atoms. The van der Waals surface area contributed by atoms with Crippen LogP contribution in [0.15, 0.2) is 12.7 Å². The van der Waals surface area contributed by atoms with E-state index in [9.17, 15) is 0 Å². The second-order valence-corrected chi connectivity index (χ2v) is 3.97. The minimum atomic E-state index is 0.0388. The summed E-state index contributed by atoms with van der Waals surface area (Å²) in [4.78, 5) is 0. The fraction of sp³-hybridized carbons (Fsp3) is 0.800. The Hall–Kier alpha value is -0.300. The second-order valence-electron chi connectivity index (χ2n) is 3.97. The standard InChI is InChI=1S/C10H18O/c1-5-9-7-6-8(2)10(3,4)11-9/h5,8-9H,1,6-7H2,2-4H3. The van der Waals surface area contributed by atoms with Gasteiger partial charge >= 0.3 is 0 Å². The lowest BCUT2D eigenvalue weighted by molar-refractivity contribution is -0.118. The highest BCUT2D eigenvalue weighted by Crippen LogP contribution is 2.33. The van der Waals surface area contributed by atoms with E-state index in [1.807, 2.05) is 6.08 Å². The Morgan fingerprint density at radius 2 is 2.09 bits per heavy atom. The molecule has 0 aromatic heterocycles. The largest absolute Gasteiger partial charge is 0.368 e. The predicted molar refractivity (Wildman–Crippen MR) is 47.5 cm³/mol. The molecule has 0 radical (unpaired) electrons. The van der Waals surface area contributed by atoms with Crippen molar-refractivity contribution in [3.8, 4) is 0 Å². The molecule has 1 rings (SSSR count). The van der Waals surface area contributed by atoms with Crippen LogP contribution in [-0.2, 0) is 4.74 Å². The zero-order chi connectivity index (χ0) is 8.48. The Bertz CT molecular complexity index is 149. The van der Waals surface area contributed by atoms with E-state index < -0.39 is 0 Å². The van der Waals surface area contributed by atoms with Gasteiger partial charge in [0, 0.05) is 0 Å². The molecule has 1 heterocycles. The molecule has 64 valence electrons. The normalized spacial score (nSPS) is 36.6. The van der Waals surface area contributed by atoms with Gasteiger partial charge in [-0.05, 0) is 32.6 Å². The Morgan fingerprint density at radius 3 is 2.55 bits per heavy atom. The van der Waals surface area contributed by atoms with Gasteiger partial charge in [0.25, 0.3) is 0 Å². The number of ether oxygens (including phenoxy) is 1. The molecule has 0 N–H and O–H groups in total. The van der Waals surface area contributed by atoms with Crippen LogP contribution in [0.1, 0.15) is 33.6 Å². The average Bonchev–Trinajstić information content (AvgIpc) is 1.95. The molecular formula is C10H18O. The first kappa shape index (κ1) is 8.79. The molecule has 0 saturated carbocycles. The molecule has 2 unspecified atom stereocenters. The summed E-state index contributed by atoms with van der Waals surface area (Å²) in [5.41, 5.74) is 0.0388. The monoisotopic (exact) mass is 154 g/mol. The van der Waals surface area contributed by atoms with Gasteiger partial charge < -0.3 is 4.74 Å². The summed E-state index contributed by atoms with van der Waals surface area (Å²) in [5.74, 6) is 0.665. The van der Waals surface area contributed by atoms with Gasteiger partial charge in [-0.1, -0.05) is 13.0 Å². The van der Waals surface area contributed by atoms with Crippen LogP contribution in [0, 0.1) is 5.92 Å². The van der Waals surface area contributed by atoms with E-state index in [1.54, 1.807) is 0 Å². The van der Waals surface area contributed by atoms with Crippen molar-refractivity contribution in [2.24, 2.45) is 5.92 Å². The maximum Gasteiger partial charge on any atom is 0.0760 e. The van der Waals surface area contributed by atoms with Gasteiger partial charge in [0.2, 0.25) is 0 Å². The molecule has 1 saturated heterocycles. The number of hydrogen-bond donors (Lipinski definition) is 0. The van der Waals surface area contributed by atoms with Crippen molar-refractivity contribution in [3.63, 3.8) is 0 Å². The second kappa shape index (κ2) is 2.98. The third kappa shape index (κ3) is 1.84. The molecule has 0 aliphatic carbocycles. The molecule has 1 fully saturated rings. The summed E-state index contributed by atoms with van der Waals surface area (Å²) in [7, 11) is 0. The summed E-state index contributed by atoms with van der Waals surface area (Å²) in [6, 6.07) is 0. The van der Waals surface area contributed by atoms with Crippen LogP contribution >= 0.6 is 0 Å². The zero-order valence-electron chi connectivity index (χ0n) is 7.76. The Kier molecular flexibility index (Phi) is 2.38. The van der Waals surface area contributed by atoms with Crippen LogP contribution in [-0.4, -0.2) is 11.7 Å². The summed E-state index contributed by atoms with van der Waals surface area (Å²) < 4.78 is 5.82. The summed E-state index contributed by atoms with van der Waals surface area (Å²) >= 11 is 0. The minimum Gasteiger partial charge on any atom is -0.368 e. The fourth-order valence-corrected chi connectivity index (χ4v) is 1.49. The third-order valence-corrected chi connectivity index (χ3v) is 2.79. The molecule has 0 amide bonds. The Labute approximate surface area is 69.4 Å². The lowest BCUT2D eigenvalue weighted by atomic mass is 9.84. The van der Waals surface area contributed by atoms with Gasteiger partial charge in [-0.2, -0.15) is 0 Å². The Balaban J connectivity index is 2.58. The molecule has 0 aromatic carbocycles. The smallest absolute Gasteiger partial charge is 0.0760 e. The average molecular weight is 154 g/mol. The summed E-state index contributed by atoms with van der Waals surface area (Å²) in [6.07, 6.45) is 4.58. The van der Waals surface area contributed by atoms with Crippen LogP contribution in [0.2, 0.25) is 0 Å². The van der Waals surface area contributed by atoms with Crippen molar-refractivity contribution in [3.05, 3.63) is 12.7 Å². The molecule has 1 heteroatoms. The maximum absolute atomic E-state index is 5.82. The van der Waals surface area contributed by atoms with Gasteiger partial charge in [0.1, 0.15) is 0 Å². The molecule has 2 atom stereocenters. The van der Waals surface area contributed by atoms with Crippen LogP contribution in [0.5, 0.6) is 0 Å². The van der Waals surface area contributed by atoms with E-state index in [0.29, 0.717) is 5.92 Å². The molecule has 1 nitrogen and oxygen atoms in total. The first-order valence-corrected chi connectivity index (χ1v) is 4.36. The third-order valence-electron chi connectivity index (χ3n) is 2.79. The fourth-order valence-electron chi connectivity index (χ4n) is 1.49. The first-order valence-electron chi connectivity index (χ1n) is 4.36. The summed E-state index contributed by atoms with van der Waals surface area (Å²) in [5, 5.41) is 0. The van der Waals surface area contributed by atoms with Crippen molar-refractivity contribution in [2.75, 3.05) is 0 Å². The van der Waals surface area contributed by atoms with Crippen LogP contribution in [0.3, 0.4) is 0 Å². The SMILES string of the molecule is C=CC1CCC(C)C(C)(C)O1. The molecule has 0 spiro atoms. The van der Waals surface area contributed by atoms with Gasteiger partial charge in [-0.15, -0.1) is 6.58 Å². The van der Waals surface area contributed by atoms with E-state index in [-0.39, 0.29) is 11.7 Å². The molecule has 0 aromatic rings. The topological polar surface area (TPSA) is 9.23 Å². The van der Waals surface area contributed by atoms with Gasteiger partial charge in [-0.3, -0.25) is 0 Å². The van der Waals surface area contributed by atoms with Crippen molar-refractivity contribution in [1.82, 2.24) is 0 Å². The van der Waals surface area contributed by atoms with Crippen molar-refractivity contribution < 1.29 is 4.74 Å². The van der Waals surface area contributed by atoms with Crippen LogP contribution < -0.4 is 0 Å². The van der Waals surface area contributed by atoms with Crippen molar-refractivity contribution in [1.29, 1.82) is 0 Å². The molecule has 1 aliphatic rings. The number of hydrogen-bond acceptors (Lipinski definition) is 1. The quantitative estimate of drug-likeness (QED) is 0.528. The molecular weight excluding hydrogens is 136 g/mol. The van der Waals surface area contributed by atoms with E-state index in [1.165, 1.54) is 6.42 Å². The lowest BCUT2D eigenvalue weighted by Gasteiger charge is -2.40. The highest BCUT2D eigenvalue weighted by molar-refractivity contribution is 4.90. The van der Waals surface area contributed by atoms with Crippen molar-refractivity contribution in [2.45, 2.75) is 45.3 Å². The highest BCUT2D eigenvalue weighted by Gasteiger charge is 2.33. The maximum atomic E-state index is 5.82. The lowest BCUT2D eigenvalue weighted by Crippen LogP contribution is -2.40. The van der Waals surface area contributed by atoms with E-state index in [0.717, 1.165) is 6.42 Å². The molecule has 1 aliphatic heterocycles. The summed E-state index contributed by atoms with van der Waals surface area (Å²) in [6.45, 7) is 10.3. The molecule has 11 heavy (non-hydrogen) atoms. The van der Waals surface area contributed by atoms with Crippen LogP contribution in [0.25, 0.3) is 0 Å². The van der Waals surface area contributed by atoms with Crippen molar-refractivity contribution >= 4 is 0 Å². The van der Waals surface area contributed by atoms with E-state index in [2.05, 4.69) is 27.4 Å². The minimum absolute atomic E-state index is 0.0388. The van der Waals surface area contributed by atoms with Crippen LogP contribution in [0.4, 0.5) is 0 Å². The van der Waals surface area contributed by atoms with E-state index >= 15 is 0 Å². The first-order chi connectivity index (χ1) is 5.06. The zero-order valence-corrected chi connectivity index (χ0v) is 7.76. The van der Waals surface area contributed by atoms with Gasteiger partial charge in [-0.25, -0.2) is 0 Å². The van der Waals surface area contributed by atoms with Gasteiger partial charge in [0.15, 0.2) is 0 Å². The van der Waals surface area contributed by atoms with Gasteiger partial charge in [0.05, 0.1) is 11.7 Å². The van der Waals surface area contributed by atoms with E-state index in [4.69, 9.17) is 4.74 Å². The number of rotatable bonds is 1.